The SMILES string of the molecule is N[C@@H](CO)C(=O)N1CCc2oc(CCc3ccccc3)nc2C1. The number of rotatable bonds is 5. The van der Waals surface area contributed by atoms with Crippen LogP contribution in [-0.2, 0) is 30.6 Å². The van der Waals surface area contributed by atoms with Crippen molar-refractivity contribution < 1.29 is 14.3 Å². The summed E-state index contributed by atoms with van der Waals surface area (Å²) in [5.41, 5.74) is 7.65. The lowest BCUT2D eigenvalue weighted by molar-refractivity contribution is -0.134. The lowest BCUT2D eigenvalue weighted by Gasteiger charge is -2.27. The van der Waals surface area contributed by atoms with E-state index in [-0.39, 0.29) is 12.5 Å². The summed E-state index contributed by atoms with van der Waals surface area (Å²) >= 11 is 0. The standard InChI is InChI=1S/C17H21N3O3/c18-13(11-21)17(22)20-9-8-15-14(10-20)19-16(23-15)7-6-12-4-2-1-3-5-12/h1-5,13,21H,6-11,18H2/t13-/m0/s1. The Labute approximate surface area is 134 Å². The Hall–Kier alpha value is -2.18. The normalized spacial score (nSPS) is 15.3. The van der Waals surface area contributed by atoms with Gasteiger partial charge in [0.15, 0.2) is 5.89 Å². The van der Waals surface area contributed by atoms with Crippen molar-refractivity contribution >= 4 is 5.91 Å². The molecule has 0 unspecified atom stereocenters. The van der Waals surface area contributed by atoms with Gasteiger partial charge in [0.05, 0.1) is 13.2 Å². The molecule has 2 aromatic rings. The van der Waals surface area contributed by atoms with E-state index in [9.17, 15) is 4.79 Å². The molecule has 0 spiro atoms. The van der Waals surface area contributed by atoms with Gasteiger partial charge in [0, 0.05) is 19.4 Å². The number of benzene rings is 1. The third-order valence-corrected chi connectivity index (χ3v) is 4.07. The fourth-order valence-electron chi connectivity index (χ4n) is 2.76. The van der Waals surface area contributed by atoms with Crippen molar-refractivity contribution in [1.29, 1.82) is 0 Å². The number of fused-ring (bicyclic) bond motifs is 1. The molecule has 23 heavy (non-hydrogen) atoms. The molecule has 0 radical (unpaired) electrons. The van der Waals surface area contributed by atoms with Crippen LogP contribution in [0.25, 0.3) is 0 Å². The van der Waals surface area contributed by atoms with Crippen molar-refractivity contribution in [3.63, 3.8) is 0 Å². The van der Waals surface area contributed by atoms with E-state index in [0.29, 0.717) is 25.4 Å². The van der Waals surface area contributed by atoms with Crippen LogP contribution in [0.4, 0.5) is 0 Å². The lowest BCUT2D eigenvalue weighted by atomic mass is 10.1. The van der Waals surface area contributed by atoms with Crippen molar-refractivity contribution in [2.75, 3.05) is 13.2 Å². The largest absolute Gasteiger partial charge is 0.445 e. The molecule has 1 amide bonds. The second kappa shape index (κ2) is 6.93. The average molecular weight is 315 g/mol. The van der Waals surface area contributed by atoms with Crippen LogP contribution in [0.5, 0.6) is 0 Å². The van der Waals surface area contributed by atoms with Crippen molar-refractivity contribution in [3.05, 3.63) is 53.2 Å². The van der Waals surface area contributed by atoms with Gasteiger partial charge in [-0.2, -0.15) is 0 Å². The first-order valence-corrected chi connectivity index (χ1v) is 7.84. The molecule has 6 heteroatoms. The molecule has 0 saturated heterocycles. The summed E-state index contributed by atoms with van der Waals surface area (Å²) in [6.45, 7) is 0.604. The van der Waals surface area contributed by atoms with Gasteiger partial charge in [-0.25, -0.2) is 4.98 Å². The highest BCUT2D eigenvalue weighted by molar-refractivity contribution is 5.81. The van der Waals surface area contributed by atoms with Gasteiger partial charge in [0.1, 0.15) is 17.5 Å². The number of nitrogens with zero attached hydrogens (tertiary/aromatic N) is 2. The Morgan fingerprint density at radius 3 is 2.87 bits per heavy atom. The zero-order valence-electron chi connectivity index (χ0n) is 12.9. The Morgan fingerprint density at radius 2 is 2.13 bits per heavy atom. The van der Waals surface area contributed by atoms with Crippen LogP contribution in [0.2, 0.25) is 0 Å². The monoisotopic (exact) mass is 315 g/mol. The minimum absolute atomic E-state index is 0.244. The van der Waals surface area contributed by atoms with Crippen LogP contribution < -0.4 is 5.73 Å². The highest BCUT2D eigenvalue weighted by atomic mass is 16.4. The molecule has 1 atom stereocenters. The van der Waals surface area contributed by atoms with E-state index in [0.717, 1.165) is 24.3 Å². The number of aliphatic hydroxyl groups is 1. The average Bonchev–Trinajstić information content (AvgIpc) is 3.01. The van der Waals surface area contributed by atoms with E-state index in [1.165, 1.54) is 5.56 Å². The number of hydrogen-bond acceptors (Lipinski definition) is 5. The zero-order valence-corrected chi connectivity index (χ0v) is 12.9. The predicted molar refractivity (Wildman–Crippen MR) is 84.5 cm³/mol. The number of aromatic nitrogens is 1. The maximum Gasteiger partial charge on any atom is 0.242 e. The first kappa shape index (κ1) is 15.7. The van der Waals surface area contributed by atoms with E-state index in [2.05, 4.69) is 17.1 Å². The van der Waals surface area contributed by atoms with Gasteiger partial charge in [0.25, 0.3) is 0 Å². The second-order valence-corrected chi connectivity index (χ2v) is 5.76. The molecule has 2 heterocycles. The van der Waals surface area contributed by atoms with Crippen LogP contribution in [0.3, 0.4) is 0 Å². The Bertz CT molecular complexity index is 669. The van der Waals surface area contributed by atoms with Gasteiger partial charge >= 0.3 is 0 Å². The summed E-state index contributed by atoms with van der Waals surface area (Å²) in [4.78, 5) is 18.2. The summed E-state index contributed by atoms with van der Waals surface area (Å²) < 4.78 is 5.81. The van der Waals surface area contributed by atoms with Crippen LogP contribution in [0.1, 0.15) is 22.9 Å². The molecule has 122 valence electrons. The molecule has 1 aromatic heterocycles. The minimum atomic E-state index is -0.860. The van der Waals surface area contributed by atoms with Gasteiger partial charge < -0.3 is 20.2 Å². The molecule has 1 aliphatic heterocycles. The fraction of sp³-hybridized carbons (Fsp3) is 0.412. The van der Waals surface area contributed by atoms with E-state index in [4.69, 9.17) is 15.3 Å². The Balaban J connectivity index is 1.63. The second-order valence-electron chi connectivity index (χ2n) is 5.76. The molecule has 1 aromatic carbocycles. The van der Waals surface area contributed by atoms with Crippen LogP contribution in [0, 0.1) is 0 Å². The van der Waals surface area contributed by atoms with E-state index in [1.54, 1.807) is 4.90 Å². The lowest BCUT2D eigenvalue weighted by Crippen LogP contribution is -2.47. The van der Waals surface area contributed by atoms with Crippen molar-refractivity contribution in [1.82, 2.24) is 9.88 Å². The molecule has 3 rings (SSSR count). The molecule has 6 nitrogen and oxygen atoms in total. The molecule has 0 aliphatic carbocycles. The maximum absolute atomic E-state index is 12.0. The number of nitrogens with two attached hydrogens (primary N) is 1. The third kappa shape index (κ3) is 3.60. The number of oxazole rings is 1. The van der Waals surface area contributed by atoms with Gasteiger partial charge in [-0.3, -0.25) is 4.79 Å². The zero-order chi connectivity index (χ0) is 16.2. The summed E-state index contributed by atoms with van der Waals surface area (Å²) in [6, 6.07) is 9.34. The quantitative estimate of drug-likeness (QED) is 0.846. The van der Waals surface area contributed by atoms with Crippen LogP contribution >= 0.6 is 0 Å². The smallest absolute Gasteiger partial charge is 0.242 e. The number of aryl methyl sites for hydroxylation is 2. The number of hydrogen-bond donors (Lipinski definition) is 2. The molecule has 0 saturated carbocycles. The fourth-order valence-corrected chi connectivity index (χ4v) is 2.76. The highest BCUT2D eigenvalue weighted by Gasteiger charge is 2.27. The first-order valence-electron chi connectivity index (χ1n) is 7.84. The predicted octanol–water partition coefficient (Wildman–Crippen LogP) is 0.664. The molecule has 1 aliphatic rings. The van der Waals surface area contributed by atoms with Crippen molar-refractivity contribution in [3.8, 4) is 0 Å². The molecule has 0 bridgehead atoms. The highest BCUT2D eigenvalue weighted by Crippen LogP contribution is 2.21. The summed E-state index contributed by atoms with van der Waals surface area (Å²) in [6.07, 6.45) is 2.25. The molecular weight excluding hydrogens is 294 g/mol. The summed E-state index contributed by atoms with van der Waals surface area (Å²) in [5, 5.41) is 9.01. The van der Waals surface area contributed by atoms with Crippen LogP contribution in [0.15, 0.2) is 34.7 Å². The van der Waals surface area contributed by atoms with Crippen molar-refractivity contribution in [2.24, 2.45) is 5.73 Å². The van der Waals surface area contributed by atoms with Gasteiger partial charge in [-0.05, 0) is 12.0 Å². The molecule has 3 N–H and O–H groups in total. The first-order chi connectivity index (χ1) is 11.2. The Morgan fingerprint density at radius 1 is 1.35 bits per heavy atom. The number of amides is 1. The van der Waals surface area contributed by atoms with Crippen molar-refractivity contribution in [2.45, 2.75) is 31.8 Å². The van der Waals surface area contributed by atoms with Gasteiger partial charge in [0.2, 0.25) is 5.91 Å². The summed E-state index contributed by atoms with van der Waals surface area (Å²) in [5.74, 6) is 1.32. The third-order valence-electron chi connectivity index (χ3n) is 4.07. The maximum atomic E-state index is 12.0. The Kier molecular flexibility index (Phi) is 4.73. The number of aliphatic hydroxyl groups excluding tert-OH is 1. The minimum Gasteiger partial charge on any atom is -0.445 e. The number of carbonyl (C=O) groups excluding carboxylic acids is 1. The van der Waals surface area contributed by atoms with Gasteiger partial charge in [-0.1, -0.05) is 30.3 Å². The topological polar surface area (TPSA) is 92.6 Å². The van der Waals surface area contributed by atoms with E-state index in [1.807, 2.05) is 18.2 Å². The van der Waals surface area contributed by atoms with Crippen LogP contribution in [-0.4, -0.2) is 40.1 Å². The van der Waals surface area contributed by atoms with E-state index < -0.39 is 6.04 Å². The molecule has 0 fully saturated rings. The number of carbonyl (C=O) groups is 1. The van der Waals surface area contributed by atoms with Gasteiger partial charge in [-0.15, -0.1) is 0 Å². The molecular formula is C17H21N3O3. The van der Waals surface area contributed by atoms with E-state index >= 15 is 0 Å². The summed E-state index contributed by atoms with van der Waals surface area (Å²) in [7, 11) is 0.